The zero-order chi connectivity index (χ0) is 14.3. The van der Waals surface area contributed by atoms with Crippen LogP contribution in [-0.2, 0) is 0 Å². The monoisotopic (exact) mass is 298 g/mol. The van der Waals surface area contributed by atoms with E-state index in [2.05, 4.69) is 22.4 Å². The molecule has 0 saturated heterocycles. The summed E-state index contributed by atoms with van der Waals surface area (Å²) in [5.74, 6) is 0. The van der Waals surface area contributed by atoms with Crippen LogP contribution in [0.3, 0.4) is 0 Å². The number of benzene rings is 1. The molecule has 0 spiro atoms. The maximum atomic E-state index is 10.7. The minimum absolute atomic E-state index is 0.0817. The minimum Gasteiger partial charge on any atom is -0.358 e. The largest absolute Gasteiger partial charge is 0.358 e. The molecule has 0 unspecified atom stereocenters. The smallest absolute Gasteiger partial charge is 0.288 e. The van der Waals surface area contributed by atoms with Crippen LogP contribution < -0.4 is 10.7 Å². The molecule has 100 valence electrons. The summed E-state index contributed by atoms with van der Waals surface area (Å²) in [5, 5.41) is 17.8. The topological polar surface area (TPSA) is 79.6 Å². The van der Waals surface area contributed by atoms with Crippen LogP contribution in [-0.4, -0.2) is 22.8 Å². The number of nitro benzene ring substituents is 1. The van der Waals surface area contributed by atoms with E-state index in [1.807, 2.05) is 0 Å². The van der Waals surface area contributed by atoms with Crippen molar-refractivity contribution >= 4 is 40.8 Å². The Hall–Kier alpha value is -1.99. The molecule has 8 heteroatoms. The molecule has 0 aromatic heterocycles. The van der Waals surface area contributed by atoms with Crippen molar-refractivity contribution < 1.29 is 4.92 Å². The molecule has 0 fully saturated rings. The Bertz CT molecular complexity index is 533. The average molecular weight is 299 g/mol. The van der Waals surface area contributed by atoms with Gasteiger partial charge in [0.05, 0.1) is 11.1 Å². The number of nitrogens with zero attached hydrogens (tertiary/aromatic N) is 2. The summed E-state index contributed by atoms with van der Waals surface area (Å²) in [5.41, 5.74) is 2.94. The molecule has 0 atom stereocenters. The van der Waals surface area contributed by atoms with Gasteiger partial charge in [-0.3, -0.25) is 15.5 Å². The van der Waals surface area contributed by atoms with E-state index in [1.54, 1.807) is 12.1 Å². The molecule has 0 amide bonds. The summed E-state index contributed by atoms with van der Waals surface area (Å²) in [6.45, 7) is 4.05. The highest BCUT2D eigenvalue weighted by Crippen LogP contribution is 2.24. The summed E-state index contributed by atoms with van der Waals surface area (Å²) in [6.07, 6.45) is 3.06. The van der Waals surface area contributed by atoms with E-state index in [9.17, 15) is 10.1 Å². The Kier molecular flexibility index (Phi) is 5.91. The molecule has 0 aliphatic rings. The number of hydrogen-bond acceptors (Lipinski definition) is 4. The number of rotatable bonds is 5. The second kappa shape index (κ2) is 7.45. The van der Waals surface area contributed by atoms with Gasteiger partial charge in [-0.25, -0.2) is 0 Å². The maximum Gasteiger partial charge on any atom is 0.288 e. The van der Waals surface area contributed by atoms with Crippen LogP contribution in [0.5, 0.6) is 0 Å². The number of hydrazone groups is 1. The van der Waals surface area contributed by atoms with Crippen molar-refractivity contribution in [2.75, 3.05) is 6.54 Å². The number of hydrogen-bond donors (Lipinski definition) is 2. The first kappa shape index (κ1) is 15.1. The molecule has 0 saturated carbocycles. The maximum absolute atomic E-state index is 10.7. The molecule has 1 rings (SSSR count). The Labute approximate surface area is 120 Å². The zero-order valence-electron chi connectivity index (χ0n) is 9.80. The van der Waals surface area contributed by atoms with Crippen LogP contribution in [0.15, 0.2) is 36.0 Å². The lowest BCUT2D eigenvalue weighted by atomic mass is 10.2. The third-order valence-corrected chi connectivity index (χ3v) is 2.51. The van der Waals surface area contributed by atoms with E-state index in [0.29, 0.717) is 17.2 Å². The number of halogens is 1. The van der Waals surface area contributed by atoms with E-state index in [0.717, 1.165) is 0 Å². The van der Waals surface area contributed by atoms with E-state index < -0.39 is 4.92 Å². The highest BCUT2D eigenvalue weighted by atomic mass is 35.5. The second-order valence-corrected chi connectivity index (χ2v) is 4.15. The first-order chi connectivity index (χ1) is 9.04. The summed E-state index contributed by atoms with van der Waals surface area (Å²) in [6, 6.07) is 4.38. The Morgan fingerprint density at radius 2 is 2.37 bits per heavy atom. The predicted molar refractivity (Wildman–Crippen MR) is 79.6 cm³/mol. The van der Waals surface area contributed by atoms with Gasteiger partial charge < -0.3 is 5.32 Å². The summed E-state index contributed by atoms with van der Waals surface area (Å²) in [7, 11) is 0. The van der Waals surface area contributed by atoms with Gasteiger partial charge in [0.1, 0.15) is 5.02 Å². The van der Waals surface area contributed by atoms with Crippen molar-refractivity contribution in [1.82, 2.24) is 10.7 Å². The van der Waals surface area contributed by atoms with Crippen molar-refractivity contribution in [2.24, 2.45) is 5.10 Å². The fourth-order valence-electron chi connectivity index (χ4n) is 1.12. The van der Waals surface area contributed by atoms with Gasteiger partial charge in [0.25, 0.3) is 5.69 Å². The highest BCUT2D eigenvalue weighted by molar-refractivity contribution is 7.80. The molecule has 0 heterocycles. The third kappa shape index (κ3) is 5.02. The Morgan fingerprint density at radius 3 is 3.00 bits per heavy atom. The molecule has 19 heavy (non-hydrogen) atoms. The van der Waals surface area contributed by atoms with Gasteiger partial charge in [0.2, 0.25) is 0 Å². The highest BCUT2D eigenvalue weighted by Gasteiger charge is 2.11. The van der Waals surface area contributed by atoms with Gasteiger partial charge in [0.15, 0.2) is 5.11 Å². The van der Waals surface area contributed by atoms with E-state index >= 15 is 0 Å². The van der Waals surface area contributed by atoms with E-state index in [-0.39, 0.29) is 10.7 Å². The van der Waals surface area contributed by atoms with Crippen molar-refractivity contribution in [3.05, 3.63) is 51.6 Å². The molecular formula is C11H11ClN4O2S. The van der Waals surface area contributed by atoms with Gasteiger partial charge in [-0.2, -0.15) is 5.10 Å². The Balaban J connectivity index is 2.67. The van der Waals surface area contributed by atoms with Gasteiger partial charge in [-0.15, -0.1) is 6.58 Å². The molecule has 0 bridgehead atoms. The lowest BCUT2D eigenvalue weighted by molar-refractivity contribution is -0.384. The fourth-order valence-corrected chi connectivity index (χ4v) is 1.44. The Morgan fingerprint density at radius 1 is 1.63 bits per heavy atom. The third-order valence-electron chi connectivity index (χ3n) is 1.95. The molecule has 0 radical (unpaired) electrons. The molecule has 1 aromatic rings. The second-order valence-electron chi connectivity index (χ2n) is 3.34. The lowest BCUT2D eigenvalue weighted by Crippen LogP contribution is -2.31. The van der Waals surface area contributed by atoms with Crippen LogP contribution in [0.25, 0.3) is 0 Å². The van der Waals surface area contributed by atoms with Gasteiger partial charge in [-0.05, 0) is 18.3 Å². The molecular weight excluding hydrogens is 288 g/mol. The number of thiocarbonyl (C=S) groups is 1. The summed E-state index contributed by atoms with van der Waals surface area (Å²) >= 11 is 10.6. The molecule has 2 N–H and O–H groups in total. The average Bonchev–Trinajstić information content (AvgIpc) is 2.38. The van der Waals surface area contributed by atoms with Gasteiger partial charge >= 0.3 is 0 Å². The predicted octanol–water partition coefficient (Wildman–Crippen LogP) is 2.23. The normalized spacial score (nSPS) is 10.2. The molecule has 0 aliphatic carbocycles. The molecule has 1 aromatic carbocycles. The summed E-state index contributed by atoms with van der Waals surface area (Å²) in [4.78, 5) is 10.1. The SMILES string of the molecule is C=CCNC(=S)N/N=C\c1ccc(Cl)c([N+](=O)[O-])c1. The van der Waals surface area contributed by atoms with Crippen LogP contribution in [0.1, 0.15) is 5.56 Å². The fraction of sp³-hybridized carbons (Fsp3) is 0.0909. The van der Waals surface area contributed by atoms with E-state index in [4.69, 9.17) is 23.8 Å². The number of nitro groups is 1. The van der Waals surface area contributed by atoms with Gasteiger partial charge in [0, 0.05) is 18.2 Å². The summed E-state index contributed by atoms with van der Waals surface area (Å²) < 4.78 is 0. The first-order valence-electron chi connectivity index (χ1n) is 5.16. The van der Waals surface area contributed by atoms with Gasteiger partial charge in [-0.1, -0.05) is 23.7 Å². The van der Waals surface area contributed by atoms with Crippen molar-refractivity contribution in [3.8, 4) is 0 Å². The van der Waals surface area contributed by atoms with Crippen LogP contribution in [0.2, 0.25) is 5.02 Å². The van der Waals surface area contributed by atoms with Crippen molar-refractivity contribution in [2.45, 2.75) is 0 Å². The van der Waals surface area contributed by atoms with Crippen LogP contribution >= 0.6 is 23.8 Å². The molecule has 6 nitrogen and oxygen atoms in total. The number of nitrogens with one attached hydrogen (secondary N) is 2. The van der Waals surface area contributed by atoms with E-state index in [1.165, 1.54) is 18.3 Å². The molecule has 0 aliphatic heterocycles. The van der Waals surface area contributed by atoms with Crippen molar-refractivity contribution in [1.29, 1.82) is 0 Å². The van der Waals surface area contributed by atoms with Crippen LogP contribution in [0.4, 0.5) is 5.69 Å². The van der Waals surface area contributed by atoms with Crippen molar-refractivity contribution in [3.63, 3.8) is 0 Å². The quantitative estimate of drug-likeness (QED) is 0.286. The lowest BCUT2D eigenvalue weighted by Gasteiger charge is -2.03. The van der Waals surface area contributed by atoms with Crippen LogP contribution in [0, 0.1) is 10.1 Å². The minimum atomic E-state index is -0.552. The first-order valence-corrected chi connectivity index (χ1v) is 5.95. The standard InChI is InChI=1S/C11H11ClN4O2S/c1-2-5-13-11(19)15-14-7-8-3-4-9(12)10(6-8)16(17)18/h2-4,6-7H,1,5H2,(H2,13,15,19)/b14-7-. The zero-order valence-corrected chi connectivity index (χ0v) is 11.4.